The van der Waals surface area contributed by atoms with Gasteiger partial charge in [0.15, 0.2) is 0 Å². The van der Waals surface area contributed by atoms with Gasteiger partial charge in [-0.05, 0) is 48.5 Å². The molecule has 0 bridgehead atoms. The molecule has 0 radical (unpaired) electrons. The summed E-state index contributed by atoms with van der Waals surface area (Å²) in [6.07, 6.45) is 0. The third kappa shape index (κ3) is 2.67. The number of fused-ring (bicyclic) bond motifs is 1. The second-order valence-electron chi connectivity index (χ2n) is 4.75. The molecule has 0 spiro atoms. The maximum atomic E-state index is 12.1. The summed E-state index contributed by atoms with van der Waals surface area (Å²) in [6.45, 7) is 0. The molecule has 0 saturated heterocycles. The molecule has 22 heavy (non-hydrogen) atoms. The maximum absolute atomic E-state index is 12.1. The standard InChI is InChI=1S/C17H12BrNO3/c1-22-17(21)14-9-16(10-2-5-12(20)6-3-10)19-15-7-4-11(18)8-13(14)15/h2-9,20H,1H3. The largest absolute Gasteiger partial charge is 0.508 e. The van der Waals surface area contributed by atoms with Gasteiger partial charge >= 0.3 is 5.97 Å². The fourth-order valence-electron chi connectivity index (χ4n) is 2.26. The minimum absolute atomic E-state index is 0.182. The van der Waals surface area contributed by atoms with Gasteiger partial charge in [0, 0.05) is 15.4 Å². The zero-order valence-electron chi connectivity index (χ0n) is 11.7. The lowest BCUT2D eigenvalue weighted by molar-refractivity contribution is 0.0603. The Morgan fingerprint density at radius 2 is 1.86 bits per heavy atom. The molecule has 1 heterocycles. The molecule has 0 fully saturated rings. The van der Waals surface area contributed by atoms with Gasteiger partial charge in [0.1, 0.15) is 5.75 Å². The van der Waals surface area contributed by atoms with E-state index in [1.165, 1.54) is 7.11 Å². The molecule has 110 valence electrons. The Bertz CT molecular complexity index is 860. The van der Waals surface area contributed by atoms with Crippen LogP contribution in [-0.4, -0.2) is 23.2 Å². The predicted octanol–water partition coefficient (Wildman–Crippen LogP) is 4.16. The van der Waals surface area contributed by atoms with Crippen molar-refractivity contribution in [3.63, 3.8) is 0 Å². The van der Waals surface area contributed by atoms with E-state index in [0.717, 1.165) is 15.4 Å². The van der Waals surface area contributed by atoms with Crippen LogP contribution in [0.1, 0.15) is 10.4 Å². The Labute approximate surface area is 135 Å². The zero-order valence-corrected chi connectivity index (χ0v) is 13.3. The monoisotopic (exact) mass is 357 g/mol. The van der Waals surface area contributed by atoms with E-state index < -0.39 is 5.97 Å². The van der Waals surface area contributed by atoms with Crippen molar-refractivity contribution >= 4 is 32.8 Å². The van der Waals surface area contributed by atoms with Crippen molar-refractivity contribution in [3.8, 4) is 17.0 Å². The number of rotatable bonds is 2. The van der Waals surface area contributed by atoms with E-state index in [1.807, 2.05) is 18.2 Å². The number of pyridine rings is 1. The van der Waals surface area contributed by atoms with Gasteiger partial charge < -0.3 is 9.84 Å². The number of phenolic OH excluding ortho intramolecular Hbond substituents is 1. The van der Waals surface area contributed by atoms with E-state index in [1.54, 1.807) is 30.3 Å². The van der Waals surface area contributed by atoms with E-state index in [9.17, 15) is 9.90 Å². The molecule has 0 atom stereocenters. The molecule has 0 aliphatic carbocycles. The van der Waals surface area contributed by atoms with Crippen molar-refractivity contribution in [2.75, 3.05) is 7.11 Å². The molecular weight excluding hydrogens is 346 g/mol. The highest BCUT2D eigenvalue weighted by Crippen LogP contribution is 2.28. The molecule has 2 aromatic carbocycles. The highest BCUT2D eigenvalue weighted by atomic mass is 79.9. The Morgan fingerprint density at radius 1 is 1.14 bits per heavy atom. The second kappa shape index (κ2) is 5.77. The lowest BCUT2D eigenvalue weighted by atomic mass is 10.0. The number of aromatic nitrogens is 1. The SMILES string of the molecule is COC(=O)c1cc(-c2ccc(O)cc2)nc2ccc(Br)cc12. The molecule has 0 saturated carbocycles. The molecule has 4 nitrogen and oxygen atoms in total. The highest BCUT2D eigenvalue weighted by molar-refractivity contribution is 9.10. The summed E-state index contributed by atoms with van der Waals surface area (Å²) in [5, 5.41) is 10.1. The second-order valence-corrected chi connectivity index (χ2v) is 5.67. The number of hydrogen-bond acceptors (Lipinski definition) is 4. The van der Waals surface area contributed by atoms with Crippen LogP contribution in [0.2, 0.25) is 0 Å². The highest BCUT2D eigenvalue weighted by Gasteiger charge is 2.14. The number of phenols is 1. The smallest absolute Gasteiger partial charge is 0.338 e. The summed E-state index contributed by atoms with van der Waals surface area (Å²) in [5.41, 5.74) is 2.62. The van der Waals surface area contributed by atoms with Gasteiger partial charge in [-0.25, -0.2) is 9.78 Å². The average molecular weight is 358 g/mol. The number of hydrogen-bond donors (Lipinski definition) is 1. The number of benzene rings is 2. The van der Waals surface area contributed by atoms with Gasteiger partial charge in [0.05, 0.1) is 23.9 Å². The molecule has 0 unspecified atom stereocenters. The first-order chi connectivity index (χ1) is 10.6. The Balaban J connectivity index is 2.26. The summed E-state index contributed by atoms with van der Waals surface area (Å²) in [5.74, 6) is -0.229. The molecule has 0 amide bonds. The van der Waals surface area contributed by atoms with E-state index in [4.69, 9.17) is 4.74 Å². The predicted molar refractivity (Wildman–Crippen MR) is 87.9 cm³/mol. The Hall–Kier alpha value is -2.40. The molecule has 3 rings (SSSR count). The number of ether oxygens (including phenoxy) is 1. The van der Waals surface area contributed by atoms with Gasteiger partial charge in [0.25, 0.3) is 0 Å². The van der Waals surface area contributed by atoms with Crippen LogP contribution in [0.5, 0.6) is 5.75 Å². The van der Waals surface area contributed by atoms with Crippen LogP contribution in [0.15, 0.2) is 53.0 Å². The number of aromatic hydroxyl groups is 1. The topological polar surface area (TPSA) is 59.4 Å². The van der Waals surface area contributed by atoms with Crippen LogP contribution in [0, 0.1) is 0 Å². The van der Waals surface area contributed by atoms with Crippen LogP contribution in [0.4, 0.5) is 0 Å². The van der Waals surface area contributed by atoms with Gasteiger partial charge in [-0.2, -0.15) is 0 Å². The van der Waals surface area contributed by atoms with Crippen molar-refractivity contribution < 1.29 is 14.6 Å². The molecule has 0 aliphatic heterocycles. The van der Waals surface area contributed by atoms with Crippen LogP contribution < -0.4 is 0 Å². The number of carbonyl (C=O) groups excluding carboxylic acids is 1. The Kier molecular flexibility index (Phi) is 3.81. The third-order valence-corrected chi connectivity index (χ3v) is 3.83. The maximum Gasteiger partial charge on any atom is 0.338 e. The van der Waals surface area contributed by atoms with Gasteiger partial charge in [-0.15, -0.1) is 0 Å². The fourth-order valence-corrected chi connectivity index (χ4v) is 2.62. The van der Waals surface area contributed by atoms with Crippen molar-refractivity contribution in [3.05, 3.63) is 58.6 Å². The fraction of sp³-hybridized carbons (Fsp3) is 0.0588. The number of carbonyl (C=O) groups is 1. The van der Waals surface area contributed by atoms with Crippen LogP contribution >= 0.6 is 15.9 Å². The van der Waals surface area contributed by atoms with Crippen LogP contribution in [-0.2, 0) is 4.74 Å². The van der Waals surface area contributed by atoms with E-state index in [-0.39, 0.29) is 5.75 Å². The van der Waals surface area contributed by atoms with Crippen LogP contribution in [0.3, 0.4) is 0 Å². The van der Waals surface area contributed by atoms with Crippen molar-refractivity contribution in [2.45, 2.75) is 0 Å². The Morgan fingerprint density at radius 3 is 2.55 bits per heavy atom. The molecule has 3 aromatic rings. The molecule has 1 N–H and O–H groups in total. The number of esters is 1. The average Bonchev–Trinajstić information content (AvgIpc) is 2.54. The molecule has 1 aromatic heterocycles. The number of nitrogens with zero attached hydrogens (tertiary/aromatic N) is 1. The molecular formula is C17H12BrNO3. The summed E-state index contributed by atoms with van der Waals surface area (Å²) in [7, 11) is 1.35. The van der Waals surface area contributed by atoms with Crippen molar-refractivity contribution in [2.24, 2.45) is 0 Å². The lowest BCUT2D eigenvalue weighted by Gasteiger charge is -2.09. The van der Waals surface area contributed by atoms with Crippen LogP contribution in [0.25, 0.3) is 22.2 Å². The quantitative estimate of drug-likeness (QED) is 0.699. The van der Waals surface area contributed by atoms with Crippen molar-refractivity contribution in [1.29, 1.82) is 0 Å². The lowest BCUT2D eigenvalue weighted by Crippen LogP contribution is -2.04. The summed E-state index contributed by atoms with van der Waals surface area (Å²) < 4.78 is 5.74. The molecule has 0 aliphatic rings. The number of halogens is 1. The minimum Gasteiger partial charge on any atom is -0.508 e. The van der Waals surface area contributed by atoms with E-state index >= 15 is 0 Å². The van der Waals surface area contributed by atoms with Gasteiger partial charge in [-0.1, -0.05) is 15.9 Å². The van der Waals surface area contributed by atoms with Crippen molar-refractivity contribution in [1.82, 2.24) is 4.98 Å². The normalized spacial score (nSPS) is 10.6. The van der Waals surface area contributed by atoms with E-state index in [2.05, 4.69) is 20.9 Å². The minimum atomic E-state index is -0.412. The summed E-state index contributed by atoms with van der Waals surface area (Å²) in [4.78, 5) is 16.7. The van der Waals surface area contributed by atoms with Gasteiger partial charge in [-0.3, -0.25) is 0 Å². The molecule has 5 heteroatoms. The van der Waals surface area contributed by atoms with E-state index in [0.29, 0.717) is 16.8 Å². The third-order valence-electron chi connectivity index (χ3n) is 3.34. The summed E-state index contributed by atoms with van der Waals surface area (Å²) in [6, 6.07) is 13.9. The zero-order chi connectivity index (χ0) is 15.7. The van der Waals surface area contributed by atoms with Gasteiger partial charge in [0.2, 0.25) is 0 Å². The first-order valence-corrected chi connectivity index (χ1v) is 7.36. The summed E-state index contributed by atoms with van der Waals surface area (Å²) >= 11 is 3.40. The first-order valence-electron chi connectivity index (χ1n) is 6.56. The number of methoxy groups -OCH3 is 1. The first kappa shape index (κ1) is 14.5.